The number of aryl methyl sites for hydroxylation is 1. The van der Waals surface area contributed by atoms with Gasteiger partial charge in [0.2, 0.25) is 0 Å². The van der Waals surface area contributed by atoms with Crippen molar-refractivity contribution in [3.8, 4) is 5.75 Å². The molecular formula is C16H23NO2S. The van der Waals surface area contributed by atoms with Gasteiger partial charge in [-0.2, -0.15) is 11.8 Å². The molecule has 0 aromatic heterocycles. The van der Waals surface area contributed by atoms with E-state index < -0.39 is 0 Å². The molecule has 0 bridgehead atoms. The number of nitrogens with one attached hydrogen (secondary N) is 1. The average molecular weight is 293 g/mol. The lowest BCUT2D eigenvalue weighted by Gasteiger charge is -2.10. The molecule has 0 atom stereocenters. The lowest BCUT2D eigenvalue weighted by Crippen LogP contribution is -2.30. The van der Waals surface area contributed by atoms with Crippen LogP contribution < -0.4 is 10.1 Å². The van der Waals surface area contributed by atoms with Gasteiger partial charge in [-0.05, 0) is 37.5 Å². The van der Waals surface area contributed by atoms with Crippen LogP contribution in [0.25, 0.3) is 0 Å². The molecule has 2 rings (SSSR count). The molecule has 0 heterocycles. The summed E-state index contributed by atoms with van der Waals surface area (Å²) in [5.41, 5.74) is 1.14. The minimum atomic E-state index is -0.0430. The van der Waals surface area contributed by atoms with Crippen LogP contribution in [0, 0.1) is 6.92 Å². The number of ether oxygens (including phenoxy) is 1. The summed E-state index contributed by atoms with van der Waals surface area (Å²) >= 11 is 1.99. The van der Waals surface area contributed by atoms with Gasteiger partial charge in [-0.3, -0.25) is 4.79 Å². The topological polar surface area (TPSA) is 38.3 Å². The first kappa shape index (κ1) is 15.2. The van der Waals surface area contributed by atoms with E-state index >= 15 is 0 Å². The molecule has 0 aliphatic heterocycles. The molecule has 1 saturated carbocycles. The van der Waals surface area contributed by atoms with Gasteiger partial charge >= 0.3 is 0 Å². The maximum atomic E-state index is 11.7. The molecule has 1 aliphatic rings. The van der Waals surface area contributed by atoms with Crippen molar-refractivity contribution in [2.75, 3.05) is 18.9 Å². The second kappa shape index (κ2) is 8.20. The Balaban J connectivity index is 1.56. The fourth-order valence-electron chi connectivity index (χ4n) is 2.38. The number of benzene rings is 1. The summed E-state index contributed by atoms with van der Waals surface area (Å²) in [4.78, 5) is 11.7. The Morgan fingerprint density at radius 2 is 2.20 bits per heavy atom. The SMILES string of the molecule is Cc1cccc(OCC(=O)NCCSC2CCCC2)c1. The van der Waals surface area contributed by atoms with Crippen LogP contribution in [-0.2, 0) is 4.79 Å². The molecule has 0 unspecified atom stereocenters. The van der Waals surface area contributed by atoms with Gasteiger partial charge in [0.1, 0.15) is 5.75 Å². The van der Waals surface area contributed by atoms with Gasteiger partial charge in [0.05, 0.1) is 0 Å². The molecule has 0 spiro atoms. The molecule has 20 heavy (non-hydrogen) atoms. The standard InChI is InChI=1S/C16H23NO2S/c1-13-5-4-6-14(11-13)19-12-16(18)17-9-10-20-15-7-2-3-8-15/h4-6,11,15H,2-3,7-10,12H2,1H3,(H,17,18). The molecule has 1 fully saturated rings. The Kier molecular flexibility index (Phi) is 6.25. The van der Waals surface area contributed by atoms with Crippen LogP contribution in [0.2, 0.25) is 0 Å². The summed E-state index contributed by atoms with van der Waals surface area (Å²) in [5, 5.41) is 3.72. The number of amides is 1. The van der Waals surface area contributed by atoms with Crippen molar-refractivity contribution in [3.05, 3.63) is 29.8 Å². The van der Waals surface area contributed by atoms with Crippen LogP contribution in [0.15, 0.2) is 24.3 Å². The van der Waals surface area contributed by atoms with Crippen molar-refractivity contribution >= 4 is 17.7 Å². The monoisotopic (exact) mass is 293 g/mol. The minimum absolute atomic E-state index is 0.0430. The zero-order valence-electron chi connectivity index (χ0n) is 12.1. The van der Waals surface area contributed by atoms with E-state index in [1.54, 1.807) is 0 Å². The van der Waals surface area contributed by atoms with E-state index in [-0.39, 0.29) is 12.5 Å². The van der Waals surface area contributed by atoms with Crippen molar-refractivity contribution in [2.45, 2.75) is 37.9 Å². The van der Waals surface area contributed by atoms with Crippen LogP contribution in [0.1, 0.15) is 31.2 Å². The van der Waals surface area contributed by atoms with Crippen LogP contribution in [0.4, 0.5) is 0 Å². The second-order valence-corrected chi connectivity index (χ2v) is 6.64. The normalized spacial score (nSPS) is 15.2. The first-order valence-electron chi connectivity index (χ1n) is 7.32. The van der Waals surface area contributed by atoms with Crippen LogP contribution in [0.3, 0.4) is 0 Å². The molecule has 0 radical (unpaired) electrons. The van der Waals surface area contributed by atoms with Crippen molar-refractivity contribution < 1.29 is 9.53 Å². The van der Waals surface area contributed by atoms with Gasteiger partial charge in [-0.15, -0.1) is 0 Å². The highest BCUT2D eigenvalue weighted by Crippen LogP contribution is 2.28. The van der Waals surface area contributed by atoms with Gasteiger partial charge < -0.3 is 10.1 Å². The average Bonchev–Trinajstić information content (AvgIpc) is 2.95. The smallest absolute Gasteiger partial charge is 0.257 e. The lowest BCUT2D eigenvalue weighted by molar-refractivity contribution is -0.122. The van der Waals surface area contributed by atoms with Gasteiger partial charge in [0, 0.05) is 17.5 Å². The lowest BCUT2D eigenvalue weighted by atomic mass is 10.2. The van der Waals surface area contributed by atoms with Gasteiger partial charge in [-0.25, -0.2) is 0 Å². The minimum Gasteiger partial charge on any atom is -0.484 e. The summed E-state index contributed by atoms with van der Waals surface area (Å²) in [5.74, 6) is 1.71. The van der Waals surface area contributed by atoms with Crippen molar-refractivity contribution in [1.29, 1.82) is 0 Å². The Bertz CT molecular complexity index is 430. The summed E-state index contributed by atoms with van der Waals surface area (Å²) in [7, 11) is 0. The molecule has 1 amide bonds. The number of rotatable bonds is 7. The molecular weight excluding hydrogens is 270 g/mol. The van der Waals surface area contributed by atoms with Gasteiger partial charge in [0.15, 0.2) is 6.61 Å². The molecule has 4 heteroatoms. The van der Waals surface area contributed by atoms with Crippen LogP contribution >= 0.6 is 11.8 Å². The summed E-state index contributed by atoms with van der Waals surface area (Å²) < 4.78 is 5.46. The van der Waals surface area contributed by atoms with E-state index in [9.17, 15) is 4.79 Å². The fourth-order valence-corrected chi connectivity index (χ4v) is 3.60. The zero-order valence-corrected chi connectivity index (χ0v) is 12.9. The summed E-state index contributed by atoms with van der Waals surface area (Å²) in [6, 6.07) is 7.74. The third-order valence-corrected chi connectivity index (χ3v) is 4.82. The van der Waals surface area contributed by atoms with E-state index in [1.807, 2.05) is 43.0 Å². The third kappa shape index (κ3) is 5.45. The molecule has 1 aromatic rings. The zero-order chi connectivity index (χ0) is 14.2. The Morgan fingerprint density at radius 3 is 2.95 bits per heavy atom. The summed E-state index contributed by atoms with van der Waals surface area (Å²) in [6.07, 6.45) is 5.42. The molecule has 0 saturated heterocycles. The fraction of sp³-hybridized carbons (Fsp3) is 0.562. The van der Waals surface area contributed by atoms with Gasteiger partial charge in [-0.1, -0.05) is 25.0 Å². The largest absolute Gasteiger partial charge is 0.484 e. The summed E-state index contributed by atoms with van der Waals surface area (Å²) in [6.45, 7) is 2.84. The predicted octanol–water partition coefficient (Wildman–Crippen LogP) is 3.17. The molecule has 3 nitrogen and oxygen atoms in total. The van der Waals surface area contributed by atoms with Crippen molar-refractivity contribution in [3.63, 3.8) is 0 Å². The van der Waals surface area contributed by atoms with E-state index in [0.29, 0.717) is 0 Å². The maximum absolute atomic E-state index is 11.7. The Hall–Kier alpha value is -1.16. The molecule has 1 aromatic carbocycles. The first-order valence-corrected chi connectivity index (χ1v) is 8.37. The highest BCUT2D eigenvalue weighted by atomic mass is 32.2. The van der Waals surface area contributed by atoms with E-state index in [2.05, 4.69) is 5.32 Å². The third-order valence-electron chi connectivity index (χ3n) is 3.44. The maximum Gasteiger partial charge on any atom is 0.257 e. The Morgan fingerprint density at radius 1 is 1.40 bits per heavy atom. The second-order valence-electron chi connectivity index (χ2n) is 5.23. The van der Waals surface area contributed by atoms with E-state index in [0.717, 1.165) is 28.9 Å². The number of carbonyl (C=O) groups is 1. The quantitative estimate of drug-likeness (QED) is 0.785. The molecule has 1 N–H and O–H groups in total. The first-order chi connectivity index (χ1) is 9.74. The number of hydrogen-bond acceptors (Lipinski definition) is 3. The Labute approximate surface area is 125 Å². The highest BCUT2D eigenvalue weighted by Gasteiger charge is 2.14. The van der Waals surface area contributed by atoms with Crippen molar-refractivity contribution in [2.24, 2.45) is 0 Å². The van der Waals surface area contributed by atoms with Crippen molar-refractivity contribution in [1.82, 2.24) is 5.32 Å². The predicted molar refractivity (Wildman–Crippen MR) is 84.4 cm³/mol. The van der Waals surface area contributed by atoms with E-state index in [4.69, 9.17) is 4.74 Å². The van der Waals surface area contributed by atoms with Gasteiger partial charge in [0.25, 0.3) is 5.91 Å². The van der Waals surface area contributed by atoms with E-state index in [1.165, 1.54) is 25.7 Å². The molecule has 110 valence electrons. The van der Waals surface area contributed by atoms with Crippen LogP contribution in [0.5, 0.6) is 5.75 Å². The number of carbonyl (C=O) groups excluding carboxylic acids is 1. The molecule has 1 aliphatic carbocycles. The number of thioether (sulfide) groups is 1. The highest BCUT2D eigenvalue weighted by molar-refractivity contribution is 7.99. The number of hydrogen-bond donors (Lipinski definition) is 1. The van der Waals surface area contributed by atoms with Crippen LogP contribution in [-0.4, -0.2) is 30.1 Å².